The third-order valence-electron chi connectivity index (χ3n) is 4.52. The minimum atomic E-state index is -0.865. The van der Waals surface area contributed by atoms with Crippen LogP contribution < -0.4 is 14.0 Å². The van der Waals surface area contributed by atoms with Gasteiger partial charge in [-0.3, -0.25) is 0 Å². The Morgan fingerprint density at radius 3 is 1.27 bits per heavy atom. The lowest BCUT2D eigenvalue weighted by atomic mass is 9.82. The van der Waals surface area contributed by atoms with Crippen LogP contribution >= 0.6 is 47.8 Å². The molecule has 0 saturated carbocycles. The second-order valence-corrected chi connectivity index (χ2v) is 8.87. The SMILES string of the molecule is Brc1ccc2c(c1)C1c3cc(Br)ccc3OB(O2)Oc2ccc(Br)cc21. The van der Waals surface area contributed by atoms with E-state index in [0.29, 0.717) is 0 Å². The Bertz CT molecular complexity index is 909. The maximum Gasteiger partial charge on any atom is 0.864 e. The summed E-state index contributed by atoms with van der Waals surface area (Å²) < 4.78 is 21.1. The van der Waals surface area contributed by atoms with Gasteiger partial charge in [0.15, 0.2) is 0 Å². The summed E-state index contributed by atoms with van der Waals surface area (Å²) in [5.41, 5.74) is 3.19. The predicted octanol–water partition coefficient (Wildman–Crippen LogP) is 6.30. The Labute approximate surface area is 176 Å². The van der Waals surface area contributed by atoms with Crippen LogP contribution in [0.5, 0.6) is 17.2 Å². The van der Waals surface area contributed by atoms with Gasteiger partial charge in [-0.2, -0.15) is 0 Å². The summed E-state index contributed by atoms with van der Waals surface area (Å²) in [7, 11) is -0.865. The van der Waals surface area contributed by atoms with Crippen LogP contribution in [0.3, 0.4) is 0 Å². The van der Waals surface area contributed by atoms with Crippen LogP contribution in [-0.2, 0) is 0 Å². The summed E-state index contributed by atoms with van der Waals surface area (Å²) in [4.78, 5) is 0. The second-order valence-electron chi connectivity index (χ2n) is 6.12. The van der Waals surface area contributed by atoms with Crippen molar-refractivity contribution in [2.45, 2.75) is 5.92 Å². The van der Waals surface area contributed by atoms with Crippen LogP contribution in [0.1, 0.15) is 22.6 Å². The van der Waals surface area contributed by atoms with Gasteiger partial charge in [-0.05, 0) is 54.6 Å². The molecule has 0 atom stereocenters. The van der Waals surface area contributed by atoms with Crippen molar-refractivity contribution in [3.8, 4) is 17.2 Å². The molecule has 3 aliphatic rings. The number of hydrogen-bond acceptors (Lipinski definition) is 3. The summed E-state index contributed by atoms with van der Waals surface area (Å²) in [5.74, 6) is 2.15. The molecule has 3 nitrogen and oxygen atoms in total. The highest BCUT2D eigenvalue weighted by molar-refractivity contribution is 9.11. The molecule has 128 valence electrons. The van der Waals surface area contributed by atoms with Crippen LogP contribution in [0.2, 0.25) is 0 Å². The minimum Gasteiger partial charge on any atom is -0.489 e. The van der Waals surface area contributed by atoms with E-state index < -0.39 is 7.32 Å². The molecule has 2 bridgehead atoms. The van der Waals surface area contributed by atoms with E-state index in [-0.39, 0.29) is 5.92 Å². The van der Waals surface area contributed by atoms with Gasteiger partial charge in [-0.15, -0.1) is 0 Å². The van der Waals surface area contributed by atoms with Crippen LogP contribution in [-0.4, -0.2) is 7.32 Å². The standard InChI is InChI=1S/C19H10BBr3O3/c21-10-1-4-16-13(7-10)19-14-8-11(22)2-5-17(14)25-20(24-16)26-18-6-3-12(23)9-15(18)19/h1-9,19H. The zero-order valence-electron chi connectivity index (χ0n) is 13.2. The largest absolute Gasteiger partial charge is 0.864 e. The number of halogens is 3. The van der Waals surface area contributed by atoms with Crippen molar-refractivity contribution in [3.05, 3.63) is 84.7 Å². The van der Waals surface area contributed by atoms with E-state index >= 15 is 0 Å². The van der Waals surface area contributed by atoms with Crippen LogP contribution in [0, 0.1) is 0 Å². The Kier molecular flexibility index (Phi) is 4.07. The Balaban J connectivity index is 1.89. The number of hydrogen-bond donors (Lipinski definition) is 0. The molecule has 3 aromatic carbocycles. The predicted molar refractivity (Wildman–Crippen MR) is 111 cm³/mol. The quantitative estimate of drug-likeness (QED) is 0.316. The second kappa shape index (κ2) is 6.32. The molecule has 3 heterocycles. The fourth-order valence-electron chi connectivity index (χ4n) is 3.44. The first-order chi connectivity index (χ1) is 12.6. The van der Waals surface area contributed by atoms with Gasteiger partial charge < -0.3 is 14.0 Å². The molecule has 0 amide bonds. The average Bonchev–Trinajstić information content (AvgIpc) is 2.58. The minimum absolute atomic E-state index is 0.0938. The number of benzene rings is 3. The summed E-state index contributed by atoms with van der Waals surface area (Å²) in [6.45, 7) is 0. The maximum atomic E-state index is 6.05. The van der Waals surface area contributed by atoms with Crippen molar-refractivity contribution in [2.24, 2.45) is 0 Å². The van der Waals surface area contributed by atoms with Gasteiger partial charge >= 0.3 is 7.32 Å². The fourth-order valence-corrected chi connectivity index (χ4v) is 4.58. The van der Waals surface area contributed by atoms with Crippen molar-refractivity contribution >= 4 is 55.1 Å². The van der Waals surface area contributed by atoms with Gasteiger partial charge in [0, 0.05) is 36.0 Å². The average molecular weight is 537 g/mol. The zero-order chi connectivity index (χ0) is 17.8. The van der Waals surface area contributed by atoms with Crippen LogP contribution in [0.15, 0.2) is 68.0 Å². The maximum absolute atomic E-state index is 6.05. The van der Waals surface area contributed by atoms with E-state index in [2.05, 4.69) is 66.0 Å². The highest BCUT2D eigenvalue weighted by Crippen LogP contribution is 2.49. The topological polar surface area (TPSA) is 27.7 Å². The summed E-state index contributed by atoms with van der Waals surface area (Å²) >= 11 is 10.8. The van der Waals surface area contributed by atoms with Crippen molar-refractivity contribution in [2.75, 3.05) is 0 Å². The lowest BCUT2D eigenvalue weighted by Crippen LogP contribution is -2.40. The molecular formula is C19H10BBr3O3. The molecule has 0 saturated heterocycles. The number of rotatable bonds is 0. The molecule has 0 spiro atoms. The molecular weight excluding hydrogens is 527 g/mol. The van der Waals surface area contributed by atoms with E-state index in [9.17, 15) is 0 Å². The van der Waals surface area contributed by atoms with Gasteiger partial charge in [0.25, 0.3) is 0 Å². The van der Waals surface area contributed by atoms with Gasteiger partial charge in [-0.1, -0.05) is 47.8 Å². The zero-order valence-corrected chi connectivity index (χ0v) is 18.0. The lowest BCUT2D eigenvalue weighted by Gasteiger charge is -2.33. The summed E-state index contributed by atoms with van der Waals surface area (Å²) in [5, 5.41) is 0. The molecule has 0 radical (unpaired) electrons. The van der Waals surface area contributed by atoms with Crippen molar-refractivity contribution < 1.29 is 14.0 Å². The van der Waals surface area contributed by atoms with E-state index in [1.807, 2.05) is 36.4 Å². The van der Waals surface area contributed by atoms with Crippen LogP contribution in [0.25, 0.3) is 0 Å². The lowest BCUT2D eigenvalue weighted by molar-refractivity contribution is 0.292. The first kappa shape index (κ1) is 16.7. The first-order valence-electron chi connectivity index (χ1n) is 7.97. The normalized spacial score (nSPS) is 14.7. The highest BCUT2D eigenvalue weighted by atomic mass is 79.9. The monoisotopic (exact) mass is 534 g/mol. The molecule has 0 fully saturated rings. The Morgan fingerprint density at radius 1 is 0.577 bits per heavy atom. The van der Waals surface area contributed by atoms with Crippen LogP contribution in [0.4, 0.5) is 0 Å². The summed E-state index contributed by atoms with van der Waals surface area (Å²) in [6, 6.07) is 18.0. The molecule has 6 rings (SSSR count). The molecule has 0 aromatic heterocycles. The fraction of sp³-hybridized carbons (Fsp3) is 0.0526. The van der Waals surface area contributed by atoms with Gasteiger partial charge in [0.1, 0.15) is 17.2 Å². The summed E-state index contributed by atoms with van der Waals surface area (Å²) in [6.07, 6.45) is 0. The van der Waals surface area contributed by atoms with E-state index in [1.54, 1.807) is 0 Å². The van der Waals surface area contributed by atoms with E-state index in [1.165, 1.54) is 0 Å². The molecule has 0 N–H and O–H groups in total. The van der Waals surface area contributed by atoms with Crippen molar-refractivity contribution in [1.82, 2.24) is 0 Å². The van der Waals surface area contributed by atoms with E-state index in [0.717, 1.165) is 47.4 Å². The molecule has 3 aromatic rings. The molecule has 3 aliphatic heterocycles. The van der Waals surface area contributed by atoms with Crippen molar-refractivity contribution in [3.63, 3.8) is 0 Å². The third-order valence-corrected chi connectivity index (χ3v) is 6.00. The third kappa shape index (κ3) is 2.77. The van der Waals surface area contributed by atoms with Gasteiger partial charge in [0.2, 0.25) is 0 Å². The molecule has 0 unspecified atom stereocenters. The Morgan fingerprint density at radius 2 is 0.923 bits per heavy atom. The molecule has 7 heteroatoms. The van der Waals surface area contributed by atoms with E-state index in [4.69, 9.17) is 14.0 Å². The van der Waals surface area contributed by atoms with Gasteiger partial charge in [0.05, 0.1) is 0 Å². The highest BCUT2D eigenvalue weighted by Gasteiger charge is 2.41. The Hall–Kier alpha value is -1.44. The smallest absolute Gasteiger partial charge is 0.489 e. The first-order valence-corrected chi connectivity index (χ1v) is 10.3. The van der Waals surface area contributed by atoms with Gasteiger partial charge in [-0.25, -0.2) is 0 Å². The molecule has 0 aliphatic carbocycles. The van der Waals surface area contributed by atoms with Crippen molar-refractivity contribution in [1.29, 1.82) is 0 Å². The molecule has 26 heavy (non-hydrogen) atoms.